The van der Waals surface area contributed by atoms with Gasteiger partial charge in [0.25, 0.3) is 11.8 Å². The van der Waals surface area contributed by atoms with Gasteiger partial charge >= 0.3 is 0 Å². The van der Waals surface area contributed by atoms with E-state index in [-0.39, 0.29) is 23.3 Å². The summed E-state index contributed by atoms with van der Waals surface area (Å²) in [4.78, 5) is 31.1. The van der Waals surface area contributed by atoms with Gasteiger partial charge in [-0.25, -0.2) is 13.8 Å². The van der Waals surface area contributed by atoms with Crippen LogP contribution >= 0.6 is 0 Å². The molecule has 2 aromatic heterocycles. The number of pyridine rings is 1. The van der Waals surface area contributed by atoms with E-state index in [0.29, 0.717) is 25.2 Å². The molecule has 4 aromatic rings. The van der Waals surface area contributed by atoms with Crippen molar-refractivity contribution in [3.05, 3.63) is 107 Å². The highest BCUT2D eigenvalue weighted by atomic mass is 19.1. The van der Waals surface area contributed by atoms with Crippen LogP contribution in [0.1, 0.15) is 50.6 Å². The molecule has 3 heterocycles. The van der Waals surface area contributed by atoms with E-state index in [1.165, 1.54) is 0 Å². The van der Waals surface area contributed by atoms with Crippen LogP contribution in [0.25, 0.3) is 5.65 Å². The molecular formula is C27H24F2N4O2. The molecule has 0 atom stereocenters. The first-order valence-corrected chi connectivity index (χ1v) is 11.5. The van der Waals surface area contributed by atoms with Gasteiger partial charge in [0.05, 0.1) is 0 Å². The molecule has 5 rings (SSSR count). The lowest BCUT2D eigenvalue weighted by molar-refractivity contribution is 0.0711. The molecule has 1 fully saturated rings. The number of hydrogen-bond donors (Lipinski definition) is 1. The number of nitrogens with zero attached hydrogens (tertiary/aromatic N) is 3. The van der Waals surface area contributed by atoms with E-state index >= 15 is 0 Å². The summed E-state index contributed by atoms with van der Waals surface area (Å²) in [6, 6.07) is 14.3. The third kappa shape index (κ3) is 5.06. The van der Waals surface area contributed by atoms with Crippen LogP contribution in [0, 0.1) is 11.6 Å². The van der Waals surface area contributed by atoms with Crippen molar-refractivity contribution in [2.45, 2.75) is 25.3 Å². The molecule has 1 aliphatic rings. The fourth-order valence-electron chi connectivity index (χ4n) is 4.53. The number of carbonyl (C=O) groups is 2. The average Bonchev–Trinajstić information content (AvgIpc) is 3.34. The second-order valence-corrected chi connectivity index (χ2v) is 8.76. The number of nitrogens with one attached hydrogen (secondary N) is 1. The Morgan fingerprint density at radius 1 is 0.914 bits per heavy atom. The minimum Gasteiger partial charge on any atom is -0.348 e. The van der Waals surface area contributed by atoms with E-state index in [0.717, 1.165) is 47.8 Å². The Labute approximate surface area is 201 Å². The number of imidazole rings is 1. The number of aromatic nitrogens is 2. The Morgan fingerprint density at radius 3 is 2.34 bits per heavy atom. The summed E-state index contributed by atoms with van der Waals surface area (Å²) in [6.45, 7) is 1.42. The monoisotopic (exact) mass is 474 g/mol. The fraction of sp³-hybridized carbons (Fsp3) is 0.222. The minimum atomic E-state index is -0.758. The maximum atomic E-state index is 13.5. The lowest BCUT2D eigenvalue weighted by Crippen LogP contribution is -2.38. The van der Waals surface area contributed by atoms with Gasteiger partial charge in [-0.3, -0.25) is 9.59 Å². The molecule has 178 valence electrons. The van der Waals surface area contributed by atoms with Crippen LogP contribution in [-0.4, -0.2) is 39.2 Å². The third-order valence-electron chi connectivity index (χ3n) is 6.45. The van der Waals surface area contributed by atoms with E-state index in [4.69, 9.17) is 0 Å². The van der Waals surface area contributed by atoms with Crippen molar-refractivity contribution in [3.8, 4) is 0 Å². The molecule has 1 N–H and O–H groups in total. The van der Waals surface area contributed by atoms with E-state index in [1.54, 1.807) is 11.1 Å². The molecule has 0 bridgehead atoms. The molecular weight excluding hydrogens is 450 g/mol. The van der Waals surface area contributed by atoms with Gasteiger partial charge in [-0.1, -0.05) is 12.1 Å². The van der Waals surface area contributed by atoms with Crippen molar-refractivity contribution in [2.75, 3.05) is 13.1 Å². The maximum absolute atomic E-state index is 13.5. The minimum absolute atomic E-state index is 0.0287. The van der Waals surface area contributed by atoms with Gasteiger partial charge in [-0.2, -0.15) is 0 Å². The van der Waals surface area contributed by atoms with Gasteiger partial charge in [0.1, 0.15) is 17.3 Å². The number of carbonyl (C=O) groups excluding carboxylic acids is 2. The Bertz CT molecular complexity index is 1360. The molecule has 0 radical (unpaired) electrons. The number of halogens is 2. The number of rotatable bonds is 5. The smallest absolute Gasteiger partial charge is 0.254 e. The van der Waals surface area contributed by atoms with Crippen LogP contribution in [0.4, 0.5) is 8.78 Å². The first-order chi connectivity index (χ1) is 17.0. The van der Waals surface area contributed by atoms with Crippen molar-refractivity contribution < 1.29 is 18.4 Å². The van der Waals surface area contributed by atoms with Gasteiger partial charge in [0, 0.05) is 55.4 Å². The molecule has 0 unspecified atom stereocenters. The van der Waals surface area contributed by atoms with Crippen molar-refractivity contribution >= 4 is 17.5 Å². The van der Waals surface area contributed by atoms with E-state index in [2.05, 4.69) is 10.3 Å². The highest BCUT2D eigenvalue weighted by molar-refractivity contribution is 5.94. The van der Waals surface area contributed by atoms with E-state index < -0.39 is 11.6 Å². The lowest BCUT2D eigenvalue weighted by atomic mass is 9.88. The number of benzene rings is 2. The normalized spacial score (nSPS) is 14.3. The maximum Gasteiger partial charge on any atom is 0.254 e. The quantitative estimate of drug-likeness (QED) is 0.461. The van der Waals surface area contributed by atoms with Crippen LogP contribution < -0.4 is 5.32 Å². The van der Waals surface area contributed by atoms with Crippen LogP contribution in [0.3, 0.4) is 0 Å². The van der Waals surface area contributed by atoms with Gasteiger partial charge in [-0.15, -0.1) is 0 Å². The van der Waals surface area contributed by atoms with Crippen LogP contribution in [0.2, 0.25) is 0 Å². The number of likely N-dealkylation sites (tertiary alicyclic amines) is 1. The summed E-state index contributed by atoms with van der Waals surface area (Å²) in [7, 11) is 0. The molecule has 2 amide bonds. The summed E-state index contributed by atoms with van der Waals surface area (Å²) < 4.78 is 28.8. The summed E-state index contributed by atoms with van der Waals surface area (Å²) in [5, 5.41) is 2.94. The number of amides is 2. The Hall–Kier alpha value is -4.07. The van der Waals surface area contributed by atoms with Crippen molar-refractivity contribution in [2.24, 2.45) is 0 Å². The van der Waals surface area contributed by atoms with Crippen molar-refractivity contribution in [3.63, 3.8) is 0 Å². The van der Waals surface area contributed by atoms with Crippen LogP contribution in [0.15, 0.2) is 73.2 Å². The summed E-state index contributed by atoms with van der Waals surface area (Å²) in [5.41, 5.74) is 3.51. The largest absolute Gasteiger partial charge is 0.348 e. The Morgan fingerprint density at radius 2 is 1.63 bits per heavy atom. The second kappa shape index (κ2) is 9.66. The average molecular weight is 475 g/mol. The zero-order chi connectivity index (χ0) is 24.4. The lowest BCUT2D eigenvalue weighted by Gasteiger charge is -2.32. The zero-order valence-electron chi connectivity index (χ0n) is 19.0. The predicted molar refractivity (Wildman–Crippen MR) is 127 cm³/mol. The SMILES string of the molecule is O=C(NCc1ccn2ccnc2c1)c1ccc(C2CCN(C(=O)c3cc(F)cc(F)c3)CC2)cc1. The standard InChI is InChI=1S/C27H24F2N4O2/c28-23-14-22(15-24(29)16-23)27(35)33-10-6-20(7-11-33)19-1-3-21(4-2-19)26(34)31-17-18-5-9-32-12-8-30-25(32)13-18/h1-5,8-9,12-16,20H,6-7,10-11,17H2,(H,31,34). The molecule has 0 saturated carbocycles. The Balaban J connectivity index is 1.15. The molecule has 8 heteroatoms. The highest BCUT2D eigenvalue weighted by Crippen LogP contribution is 2.29. The molecule has 0 spiro atoms. The zero-order valence-corrected chi connectivity index (χ0v) is 19.0. The highest BCUT2D eigenvalue weighted by Gasteiger charge is 2.25. The molecule has 6 nitrogen and oxygen atoms in total. The molecule has 35 heavy (non-hydrogen) atoms. The van der Waals surface area contributed by atoms with Crippen LogP contribution in [-0.2, 0) is 6.54 Å². The van der Waals surface area contributed by atoms with Crippen molar-refractivity contribution in [1.82, 2.24) is 19.6 Å². The van der Waals surface area contributed by atoms with Gasteiger partial charge in [0.15, 0.2) is 0 Å². The van der Waals surface area contributed by atoms with Crippen molar-refractivity contribution in [1.29, 1.82) is 0 Å². The topological polar surface area (TPSA) is 66.7 Å². The fourth-order valence-corrected chi connectivity index (χ4v) is 4.53. The second-order valence-electron chi connectivity index (χ2n) is 8.76. The first-order valence-electron chi connectivity index (χ1n) is 11.5. The summed E-state index contributed by atoms with van der Waals surface area (Å²) in [5.74, 6) is -1.78. The predicted octanol–water partition coefficient (Wildman–Crippen LogP) is 4.56. The summed E-state index contributed by atoms with van der Waals surface area (Å²) in [6.07, 6.45) is 6.99. The van der Waals surface area contributed by atoms with E-state index in [1.807, 2.05) is 53.2 Å². The molecule has 1 saturated heterocycles. The van der Waals surface area contributed by atoms with Gasteiger partial charge in [0.2, 0.25) is 0 Å². The van der Waals surface area contributed by atoms with Gasteiger partial charge < -0.3 is 14.6 Å². The number of fused-ring (bicyclic) bond motifs is 1. The molecule has 2 aromatic carbocycles. The van der Waals surface area contributed by atoms with Crippen LogP contribution in [0.5, 0.6) is 0 Å². The van der Waals surface area contributed by atoms with Gasteiger partial charge in [-0.05, 0) is 66.3 Å². The molecule has 1 aliphatic heterocycles. The van der Waals surface area contributed by atoms with E-state index in [9.17, 15) is 18.4 Å². The summed E-state index contributed by atoms with van der Waals surface area (Å²) >= 11 is 0. The number of piperidine rings is 1. The Kier molecular flexibility index (Phi) is 6.27. The third-order valence-corrected chi connectivity index (χ3v) is 6.45. The number of hydrogen-bond acceptors (Lipinski definition) is 3. The molecule has 0 aliphatic carbocycles. The first kappa shape index (κ1) is 22.7.